The van der Waals surface area contributed by atoms with Crippen LogP contribution in [0.1, 0.15) is 0 Å². The van der Waals surface area contributed by atoms with E-state index in [0.717, 1.165) is 0 Å². The van der Waals surface area contributed by atoms with E-state index in [4.69, 9.17) is 14.2 Å². The van der Waals surface area contributed by atoms with Gasteiger partial charge in [-0.3, -0.25) is 0 Å². The highest BCUT2D eigenvalue weighted by Crippen LogP contribution is 2.34. The number of rotatable bonds is 6. The van der Waals surface area contributed by atoms with Crippen LogP contribution in [0.15, 0.2) is 53.4 Å². The summed E-state index contributed by atoms with van der Waals surface area (Å²) in [6, 6.07) is 13.4. The van der Waals surface area contributed by atoms with Crippen LogP contribution in [-0.4, -0.2) is 28.4 Å². The molecule has 0 radical (unpaired) electrons. The van der Waals surface area contributed by atoms with Gasteiger partial charge in [-0.05, 0) is 24.3 Å². The van der Waals surface area contributed by atoms with Crippen molar-refractivity contribution < 1.29 is 22.6 Å². The Balaban J connectivity index is 1.52. The number of sulfonamides is 1. The van der Waals surface area contributed by atoms with Crippen molar-refractivity contribution in [2.45, 2.75) is 4.90 Å². The van der Waals surface area contributed by atoms with Gasteiger partial charge >= 0.3 is 0 Å². The van der Waals surface area contributed by atoms with E-state index >= 15 is 0 Å². The molecule has 0 fully saturated rings. The monoisotopic (exact) mass is 321 g/mol. The summed E-state index contributed by atoms with van der Waals surface area (Å²) in [5, 5.41) is 0. The number of hydrogen-bond donors (Lipinski definition) is 1. The van der Waals surface area contributed by atoms with E-state index in [1.807, 2.05) is 0 Å². The molecule has 6 nitrogen and oxygen atoms in total. The molecule has 1 heterocycles. The lowest BCUT2D eigenvalue weighted by molar-refractivity contribution is 0.173. The number of hydrogen-bond acceptors (Lipinski definition) is 5. The Kier molecular flexibility index (Phi) is 4.17. The zero-order valence-corrected chi connectivity index (χ0v) is 12.5. The van der Waals surface area contributed by atoms with Crippen LogP contribution in [0.5, 0.6) is 17.2 Å². The van der Waals surface area contributed by atoms with Crippen molar-refractivity contribution in [1.82, 2.24) is 4.72 Å². The van der Waals surface area contributed by atoms with Gasteiger partial charge < -0.3 is 14.2 Å². The van der Waals surface area contributed by atoms with Gasteiger partial charge in [0.15, 0.2) is 11.5 Å². The van der Waals surface area contributed by atoms with Gasteiger partial charge in [0.2, 0.25) is 16.8 Å². The second-order valence-electron chi connectivity index (χ2n) is 4.57. The summed E-state index contributed by atoms with van der Waals surface area (Å²) in [6.07, 6.45) is 0. The Morgan fingerprint density at radius 1 is 1.05 bits per heavy atom. The molecule has 0 atom stereocenters. The molecule has 0 aromatic heterocycles. The minimum atomic E-state index is -3.50. The third-order valence-corrected chi connectivity index (χ3v) is 4.54. The molecule has 1 aliphatic rings. The first-order valence-corrected chi connectivity index (χ1v) is 8.21. The van der Waals surface area contributed by atoms with Crippen molar-refractivity contribution in [3.05, 3.63) is 48.5 Å². The number of ether oxygens (including phenoxy) is 3. The van der Waals surface area contributed by atoms with Gasteiger partial charge in [-0.2, -0.15) is 0 Å². The zero-order valence-electron chi connectivity index (χ0n) is 11.7. The van der Waals surface area contributed by atoms with Gasteiger partial charge in [0.25, 0.3) is 0 Å². The lowest BCUT2D eigenvalue weighted by atomic mass is 10.3. The number of nitrogens with one attached hydrogen (secondary N) is 1. The molecule has 0 saturated heterocycles. The van der Waals surface area contributed by atoms with Crippen molar-refractivity contribution >= 4 is 10.0 Å². The van der Waals surface area contributed by atoms with Crippen molar-refractivity contribution in [3.63, 3.8) is 0 Å². The molecule has 22 heavy (non-hydrogen) atoms. The average molecular weight is 321 g/mol. The number of fused-ring (bicyclic) bond motifs is 1. The summed E-state index contributed by atoms with van der Waals surface area (Å²) in [4.78, 5) is 0.234. The maximum absolute atomic E-state index is 12.0. The van der Waals surface area contributed by atoms with Gasteiger partial charge in [-0.25, -0.2) is 13.1 Å². The van der Waals surface area contributed by atoms with E-state index in [9.17, 15) is 8.42 Å². The summed E-state index contributed by atoms with van der Waals surface area (Å²) in [5.41, 5.74) is 0. The third kappa shape index (κ3) is 3.32. The molecule has 0 saturated carbocycles. The van der Waals surface area contributed by atoms with Crippen LogP contribution >= 0.6 is 0 Å². The maximum atomic E-state index is 12.0. The molecule has 0 unspecified atom stereocenters. The Bertz CT molecular complexity index is 746. The molecule has 1 aliphatic heterocycles. The molecule has 116 valence electrons. The van der Waals surface area contributed by atoms with Crippen LogP contribution in [0.3, 0.4) is 0 Å². The second kappa shape index (κ2) is 6.25. The molecule has 1 N–H and O–H groups in total. The topological polar surface area (TPSA) is 73.9 Å². The van der Waals surface area contributed by atoms with E-state index in [1.165, 1.54) is 0 Å². The highest BCUT2D eigenvalue weighted by molar-refractivity contribution is 7.89. The van der Waals surface area contributed by atoms with Crippen LogP contribution in [0.25, 0.3) is 0 Å². The van der Waals surface area contributed by atoms with Gasteiger partial charge in [-0.1, -0.05) is 18.2 Å². The molecule has 0 bridgehead atoms. The summed E-state index contributed by atoms with van der Waals surface area (Å²) in [5.74, 6) is 1.91. The summed E-state index contributed by atoms with van der Waals surface area (Å²) in [7, 11) is -3.50. The van der Waals surface area contributed by atoms with E-state index in [0.29, 0.717) is 17.2 Å². The van der Waals surface area contributed by atoms with Crippen LogP contribution in [-0.2, 0) is 10.0 Å². The van der Waals surface area contributed by atoms with Gasteiger partial charge in [0.1, 0.15) is 12.4 Å². The Hall–Kier alpha value is -2.25. The Labute approximate surface area is 128 Å². The lowest BCUT2D eigenvalue weighted by Gasteiger charge is -2.09. The quantitative estimate of drug-likeness (QED) is 0.821. The average Bonchev–Trinajstić information content (AvgIpc) is 3.00. The lowest BCUT2D eigenvalue weighted by Crippen LogP contribution is -2.28. The highest BCUT2D eigenvalue weighted by Gasteiger charge is 2.14. The van der Waals surface area contributed by atoms with Crippen LogP contribution in [0.2, 0.25) is 0 Å². The summed E-state index contributed by atoms with van der Waals surface area (Å²) >= 11 is 0. The predicted molar refractivity (Wildman–Crippen MR) is 79.7 cm³/mol. The molecule has 0 spiro atoms. The normalized spacial score (nSPS) is 13.1. The van der Waals surface area contributed by atoms with Gasteiger partial charge in [0, 0.05) is 12.6 Å². The molecule has 2 aromatic carbocycles. The molecule has 2 aromatic rings. The molecule has 0 amide bonds. The Morgan fingerprint density at radius 3 is 2.64 bits per heavy atom. The fraction of sp³-hybridized carbons (Fsp3) is 0.200. The van der Waals surface area contributed by atoms with Crippen molar-refractivity contribution in [2.24, 2.45) is 0 Å². The summed E-state index contributed by atoms with van der Waals surface area (Å²) < 4.78 is 42.4. The molecule has 0 aliphatic carbocycles. The van der Waals surface area contributed by atoms with Crippen molar-refractivity contribution in [2.75, 3.05) is 19.9 Å². The van der Waals surface area contributed by atoms with E-state index in [1.54, 1.807) is 48.5 Å². The first-order chi connectivity index (χ1) is 10.6. The minimum absolute atomic E-state index is 0.172. The minimum Gasteiger partial charge on any atom is -0.492 e. The van der Waals surface area contributed by atoms with Crippen LogP contribution in [0.4, 0.5) is 0 Å². The first kappa shape index (κ1) is 14.7. The fourth-order valence-electron chi connectivity index (χ4n) is 1.99. The predicted octanol–water partition coefficient (Wildman–Crippen LogP) is 1.77. The smallest absolute Gasteiger partial charge is 0.240 e. The first-order valence-electron chi connectivity index (χ1n) is 6.72. The van der Waals surface area contributed by atoms with Crippen LogP contribution < -0.4 is 18.9 Å². The molecule has 3 rings (SSSR count). The highest BCUT2D eigenvalue weighted by atomic mass is 32.2. The number of benzene rings is 2. The standard InChI is InChI=1S/C15H15NO5S/c17-22(18,13-4-2-1-3-5-13)16-8-9-19-12-6-7-14-15(10-12)21-11-20-14/h1-7,10,16H,8-9,11H2. The SMILES string of the molecule is O=S(=O)(NCCOc1ccc2c(c1)OCO2)c1ccccc1. The molecular formula is C15H15NO5S. The largest absolute Gasteiger partial charge is 0.492 e. The third-order valence-electron chi connectivity index (χ3n) is 3.06. The molecular weight excluding hydrogens is 306 g/mol. The van der Waals surface area contributed by atoms with E-state index in [2.05, 4.69) is 4.72 Å². The second-order valence-corrected chi connectivity index (χ2v) is 6.34. The van der Waals surface area contributed by atoms with Crippen LogP contribution in [0, 0.1) is 0 Å². The summed E-state index contributed by atoms with van der Waals surface area (Å²) in [6.45, 7) is 0.590. The fourth-order valence-corrected chi connectivity index (χ4v) is 3.03. The zero-order chi connectivity index (χ0) is 15.4. The van der Waals surface area contributed by atoms with Gasteiger partial charge in [0.05, 0.1) is 4.90 Å². The van der Waals surface area contributed by atoms with Gasteiger partial charge in [-0.15, -0.1) is 0 Å². The van der Waals surface area contributed by atoms with E-state index in [-0.39, 0.29) is 24.8 Å². The molecule has 7 heteroatoms. The Morgan fingerprint density at radius 2 is 1.82 bits per heavy atom. The maximum Gasteiger partial charge on any atom is 0.240 e. The van der Waals surface area contributed by atoms with Crippen molar-refractivity contribution in [1.29, 1.82) is 0 Å². The van der Waals surface area contributed by atoms with E-state index < -0.39 is 10.0 Å². The van der Waals surface area contributed by atoms with Crippen molar-refractivity contribution in [3.8, 4) is 17.2 Å².